The lowest BCUT2D eigenvalue weighted by atomic mass is 10.1. The Kier molecular flexibility index (Phi) is 11.0. The van der Waals surface area contributed by atoms with Crippen molar-refractivity contribution in [2.24, 2.45) is 0 Å². The summed E-state index contributed by atoms with van der Waals surface area (Å²) in [4.78, 5) is 63.4. The Morgan fingerprint density at radius 3 is 2.53 bits per heavy atom. The van der Waals surface area contributed by atoms with E-state index in [-0.39, 0.29) is 47.9 Å². The van der Waals surface area contributed by atoms with Gasteiger partial charge in [-0.3, -0.25) is 14.4 Å². The monoisotopic (exact) mass is 603 g/mol. The number of fused-ring (bicyclic) bond motifs is 1. The van der Waals surface area contributed by atoms with Gasteiger partial charge >= 0.3 is 12.2 Å². The van der Waals surface area contributed by atoms with Crippen LogP contribution in [-0.4, -0.2) is 83.4 Å². The van der Waals surface area contributed by atoms with Crippen molar-refractivity contribution in [3.63, 3.8) is 0 Å². The van der Waals surface area contributed by atoms with E-state index in [1.165, 1.54) is 47.5 Å². The number of rotatable bonds is 12. The summed E-state index contributed by atoms with van der Waals surface area (Å²) in [5.74, 6) is -1.05. The van der Waals surface area contributed by atoms with E-state index in [2.05, 4.69) is 15.4 Å². The van der Waals surface area contributed by atoms with Crippen molar-refractivity contribution in [2.75, 3.05) is 33.1 Å². The molecule has 3 N–H and O–H groups in total. The molecule has 15 heteroatoms. The third-order valence-corrected chi connectivity index (χ3v) is 6.15. The first-order valence-electron chi connectivity index (χ1n) is 12.9. The molecule has 3 rings (SSSR count). The molecule has 0 spiro atoms. The molecule has 0 radical (unpaired) electrons. The number of aromatic nitrogens is 2. The Labute approximate surface area is 244 Å². The van der Waals surface area contributed by atoms with Gasteiger partial charge in [-0.05, 0) is 43.2 Å². The lowest BCUT2D eigenvalue weighted by Gasteiger charge is -2.17. The maximum atomic E-state index is 13.3. The second-order valence-corrected chi connectivity index (χ2v) is 9.39. The van der Waals surface area contributed by atoms with E-state index in [1.807, 2.05) is 0 Å². The first-order chi connectivity index (χ1) is 20.4. The number of ether oxygens (including phenoxy) is 2. The second kappa shape index (κ2) is 14.6. The molecule has 2 heterocycles. The molecule has 1 atom stereocenters. The maximum Gasteiger partial charge on any atom is 0.416 e. The summed E-state index contributed by atoms with van der Waals surface area (Å²) >= 11 is 0. The molecule has 13 nitrogen and oxygen atoms in total. The number of hydrogen-bond acceptors (Lipinski definition) is 7. The van der Waals surface area contributed by atoms with E-state index in [1.54, 1.807) is 26.2 Å². The molecule has 1 unspecified atom stereocenters. The Morgan fingerprint density at radius 2 is 1.88 bits per heavy atom. The number of allylic oxidation sites excluding steroid dienone is 1. The zero-order chi connectivity index (χ0) is 31.7. The van der Waals surface area contributed by atoms with Crippen LogP contribution in [0.1, 0.15) is 18.5 Å². The molecule has 3 aromatic rings. The van der Waals surface area contributed by atoms with Crippen molar-refractivity contribution < 1.29 is 42.5 Å². The van der Waals surface area contributed by atoms with Gasteiger partial charge in [0.05, 0.1) is 19.3 Å². The predicted molar refractivity (Wildman–Crippen MR) is 152 cm³/mol. The highest BCUT2D eigenvalue weighted by Crippen LogP contribution is 2.30. The number of benzene rings is 1. The third-order valence-electron chi connectivity index (χ3n) is 6.15. The average molecular weight is 604 g/mol. The molecule has 230 valence electrons. The van der Waals surface area contributed by atoms with Gasteiger partial charge in [0.1, 0.15) is 29.6 Å². The first-order valence-corrected chi connectivity index (χ1v) is 12.9. The summed E-state index contributed by atoms with van der Waals surface area (Å²) in [6.45, 7) is -1.19. The largest absolute Gasteiger partial charge is 0.485 e. The maximum absolute atomic E-state index is 13.3. The number of carboxylic acid groups (broad SMARTS) is 1. The number of nitrogens with one attached hydrogen (secondary N) is 2. The Morgan fingerprint density at radius 1 is 1.14 bits per heavy atom. The lowest BCUT2D eigenvalue weighted by molar-refractivity contribution is -0.123. The minimum absolute atomic E-state index is 0.0428. The molecule has 2 aromatic heterocycles. The molecular weight excluding hydrogens is 572 g/mol. The zero-order valence-electron chi connectivity index (χ0n) is 23.6. The summed E-state index contributed by atoms with van der Waals surface area (Å²) in [5, 5.41) is 15.2. The van der Waals surface area contributed by atoms with Crippen LogP contribution in [0.2, 0.25) is 0 Å². The quantitative estimate of drug-likeness (QED) is 0.266. The van der Waals surface area contributed by atoms with Gasteiger partial charge in [0.2, 0.25) is 11.8 Å². The van der Waals surface area contributed by atoms with E-state index in [4.69, 9.17) is 4.74 Å². The summed E-state index contributed by atoms with van der Waals surface area (Å²) in [7, 11) is 4.29. The SMILES string of the molecule is COC(=O)NC(CC/C=C/C(=O)N(C)C)C(=O)Nc1cccn(Cc2cc3cccc(OCC(F)F)c3n2C(=O)O)c1=O. The van der Waals surface area contributed by atoms with E-state index in [9.17, 15) is 37.9 Å². The molecule has 0 aliphatic rings. The van der Waals surface area contributed by atoms with Gasteiger partial charge < -0.3 is 34.7 Å². The molecule has 0 saturated carbocycles. The highest BCUT2D eigenvalue weighted by Gasteiger charge is 2.23. The number of methoxy groups -OCH3 is 1. The number of carbonyl (C=O) groups is 4. The van der Waals surface area contributed by atoms with Crippen LogP contribution in [0.5, 0.6) is 5.75 Å². The fourth-order valence-electron chi connectivity index (χ4n) is 4.10. The van der Waals surface area contributed by atoms with Crippen LogP contribution in [0.3, 0.4) is 0 Å². The average Bonchev–Trinajstić information content (AvgIpc) is 3.33. The van der Waals surface area contributed by atoms with Gasteiger partial charge in [-0.15, -0.1) is 0 Å². The van der Waals surface area contributed by atoms with Crippen LogP contribution in [0.15, 0.2) is 59.5 Å². The molecule has 0 bridgehead atoms. The Balaban J connectivity index is 1.86. The number of pyridine rings is 1. The molecule has 0 fully saturated rings. The number of alkyl halides is 2. The Hall–Kier alpha value is -5.21. The molecular formula is C28H31F2N5O8. The van der Waals surface area contributed by atoms with Gasteiger partial charge in [-0.2, -0.15) is 0 Å². The number of halogens is 2. The van der Waals surface area contributed by atoms with E-state index < -0.39 is 42.7 Å². The smallest absolute Gasteiger partial charge is 0.416 e. The highest BCUT2D eigenvalue weighted by atomic mass is 19.3. The third kappa shape index (κ3) is 8.40. The van der Waals surface area contributed by atoms with Crippen molar-refractivity contribution in [3.05, 3.63) is 70.8 Å². The van der Waals surface area contributed by atoms with Gasteiger partial charge in [0.15, 0.2) is 0 Å². The molecule has 0 aliphatic heterocycles. The van der Waals surface area contributed by atoms with E-state index >= 15 is 0 Å². The minimum atomic E-state index is -2.77. The van der Waals surface area contributed by atoms with Gasteiger partial charge in [0.25, 0.3) is 12.0 Å². The van der Waals surface area contributed by atoms with Crippen molar-refractivity contribution in [1.29, 1.82) is 0 Å². The van der Waals surface area contributed by atoms with Gasteiger partial charge in [0, 0.05) is 25.7 Å². The summed E-state index contributed by atoms with van der Waals surface area (Å²) < 4.78 is 37.2. The lowest BCUT2D eigenvalue weighted by Crippen LogP contribution is -2.44. The number of carbonyl (C=O) groups excluding carboxylic acids is 3. The van der Waals surface area contributed by atoms with Crippen molar-refractivity contribution >= 4 is 40.6 Å². The standard InChI is InChI=1S/C28H31F2N5O8/c1-33(2)23(36)12-5-4-9-19(32-27(39)42-3)25(37)31-20-10-7-13-34(26(20)38)15-18-14-17-8-6-11-21(43-16-22(29)30)24(17)35(18)28(40)41/h5-8,10-14,19,22H,4,9,15-16H2,1-3H3,(H,31,37)(H,32,39)(H,40,41)/b12-5+. The van der Waals surface area contributed by atoms with Gasteiger partial charge in [-0.25, -0.2) is 22.9 Å². The fourth-order valence-corrected chi connectivity index (χ4v) is 4.10. The van der Waals surface area contributed by atoms with E-state index in [0.29, 0.717) is 5.39 Å². The predicted octanol–water partition coefficient (Wildman–Crippen LogP) is 3.11. The van der Waals surface area contributed by atoms with Gasteiger partial charge in [-0.1, -0.05) is 18.2 Å². The van der Waals surface area contributed by atoms with Crippen LogP contribution in [0.25, 0.3) is 10.9 Å². The Bertz CT molecular complexity index is 1580. The minimum Gasteiger partial charge on any atom is -0.485 e. The van der Waals surface area contributed by atoms with Crippen molar-refractivity contribution in [1.82, 2.24) is 19.4 Å². The molecule has 0 aliphatic carbocycles. The van der Waals surface area contributed by atoms with Crippen LogP contribution in [0, 0.1) is 0 Å². The summed E-state index contributed by atoms with van der Waals surface area (Å²) in [5.41, 5.74) is -0.659. The number of alkyl carbamates (subject to hydrolysis) is 1. The molecule has 43 heavy (non-hydrogen) atoms. The highest BCUT2D eigenvalue weighted by molar-refractivity contribution is 5.96. The topological polar surface area (TPSA) is 161 Å². The molecule has 3 amide bonds. The van der Waals surface area contributed by atoms with E-state index in [0.717, 1.165) is 16.2 Å². The van der Waals surface area contributed by atoms with Crippen LogP contribution < -0.4 is 20.9 Å². The first kappa shape index (κ1) is 32.3. The van der Waals surface area contributed by atoms with Crippen LogP contribution >= 0.6 is 0 Å². The number of likely N-dealkylation sites (N-methyl/N-ethyl adjacent to an activating group) is 1. The van der Waals surface area contributed by atoms with Crippen LogP contribution in [-0.2, 0) is 20.9 Å². The van der Waals surface area contributed by atoms with Crippen LogP contribution in [0.4, 0.5) is 24.1 Å². The molecule has 0 saturated heterocycles. The number of para-hydroxylation sites is 1. The number of anilines is 1. The summed E-state index contributed by atoms with van der Waals surface area (Å²) in [6, 6.07) is 7.63. The number of hydrogen-bond donors (Lipinski definition) is 3. The second-order valence-electron chi connectivity index (χ2n) is 9.39. The fraction of sp³-hybridized carbons (Fsp3) is 0.321. The summed E-state index contributed by atoms with van der Waals surface area (Å²) in [6.07, 6.45) is -0.503. The zero-order valence-corrected chi connectivity index (χ0v) is 23.6. The van der Waals surface area contributed by atoms with Crippen molar-refractivity contribution in [2.45, 2.75) is 31.9 Å². The normalized spacial score (nSPS) is 11.9. The molecule has 1 aromatic carbocycles. The number of nitrogens with zero attached hydrogens (tertiary/aromatic N) is 3. The number of amides is 3. The van der Waals surface area contributed by atoms with Crippen molar-refractivity contribution in [3.8, 4) is 5.75 Å².